The quantitative estimate of drug-likeness (QED) is 0.612. The summed E-state index contributed by atoms with van der Waals surface area (Å²) >= 11 is 0. The number of unbranched alkanes of at least 4 members (excludes halogenated alkanes) is 3. The second-order valence-electron chi connectivity index (χ2n) is 8.06. The molecule has 0 unspecified atom stereocenters. The molecule has 6 nitrogen and oxygen atoms in total. The number of nitrogens with zero attached hydrogens (tertiary/aromatic N) is 2. The van der Waals surface area contributed by atoms with Crippen LogP contribution in [0.25, 0.3) is 0 Å². The highest BCUT2D eigenvalue weighted by atomic mass is 16.5. The van der Waals surface area contributed by atoms with Crippen molar-refractivity contribution in [3.63, 3.8) is 0 Å². The van der Waals surface area contributed by atoms with E-state index in [1.54, 1.807) is 36.4 Å². The summed E-state index contributed by atoms with van der Waals surface area (Å²) in [4.78, 5) is 29.2. The van der Waals surface area contributed by atoms with Crippen LogP contribution in [0.1, 0.15) is 53.3 Å². The molecule has 1 fully saturated rings. The Kier molecular flexibility index (Phi) is 8.47. The number of carbonyl (C=O) groups is 2. The molecule has 3 rings (SSSR count). The van der Waals surface area contributed by atoms with Crippen LogP contribution in [0.3, 0.4) is 0 Å². The fourth-order valence-corrected chi connectivity index (χ4v) is 3.51. The summed E-state index contributed by atoms with van der Waals surface area (Å²) in [6.07, 6.45) is 4.66. The first kappa shape index (κ1) is 22.8. The number of likely N-dealkylation sites (N-methyl/N-ethyl adjacent to an activating group) is 1. The lowest BCUT2D eigenvalue weighted by atomic mass is 10.1. The molecule has 0 aliphatic carbocycles. The van der Waals surface area contributed by atoms with Crippen LogP contribution in [0.5, 0.6) is 5.75 Å². The second kappa shape index (κ2) is 11.5. The summed E-state index contributed by atoms with van der Waals surface area (Å²) in [5, 5.41) is 2.88. The fraction of sp³-hybridized carbons (Fsp3) is 0.440. The third kappa shape index (κ3) is 6.82. The molecule has 2 aromatic carbocycles. The Morgan fingerprint density at radius 3 is 2.16 bits per heavy atom. The van der Waals surface area contributed by atoms with Gasteiger partial charge in [0.25, 0.3) is 11.8 Å². The topological polar surface area (TPSA) is 61.9 Å². The molecule has 1 aliphatic rings. The zero-order valence-electron chi connectivity index (χ0n) is 18.6. The molecule has 2 aromatic rings. The van der Waals surface area contributed by atoms with Gasteiger partial charge in [0.1, 0.15) is 5.75 Å². The van der Waals surface area contributed by atoms with Gasteiger partial charge < -0.3 is 19.9 Å². The minimum Gasteiger partial charge on any atom is -0.494 e. The van der Waals surface area contributed by atoms with Crippen molar-refractivity contribution in [3.05, 3.63) is 59.7 Å². The number of anilines is 1. The Morgan fingerprint density at radius 2 is 1.52 bits per heavy atom. The first-order chi connectivity index (χ1) is 15.1. The van der Waals surface area contributed by atoms with Gasteiger partial charge in [0.05, 0.1) is 6.61 Å². The van der Waals surface area contributed by atoms with Gasteiger partial charge in [-0.1, -0.05) is 26.2 Å². The Morgan fingerprint density at radius 1 is 0.871 bits per heavy atom. The maximum Gasteiger partial charge on any atom is 0.255 e. The summed E-state index contributed by atoms with van der Waals surface area (Å²) in [6, 6.07) is 14.3. The van der Waals surface area contributed by atoms with Crippen LogP contribution in [-0.2, 0) is 0 Å². The monoisotopic (exact) mass is 423 g/mol. The smallest absolute Gasteiger partial charge is 0.255 e. The molecule has 1 aliphatic heterocycles. The van der Waals surface area contributed by atoms with Gasteiger partial charge in [0, 0.05) is 43.0 Å². The first-order valence-corrected chi connectivity index (χ1v) is 11.2. The molecule has 31 heavy (non-hydrogen) atoms. The maximum atomic E-state index is 12.6. The van der Waals surface area contributed by atoms with E-state index in [2.05, 4.69) is 24.2 Å². The van der Waals surface area contributed by atoms with Crippen LogP contribution in [0.15, 0.2) is 48.5 Å². The van der Waals surface area contributed by atoms with Crippen molar-refractivity contribution in [2.24, 2.45) is 0 Å². The highest BCUT2D eigenvalue weighted by Crippen LogP contribution is 2.17. The molecule has 2 amide bonds. The number of carbonyl (C=O) groups excluding carboxylic acids is 2. The summed E-state index contributed by atoms with van der Waals surface area (Å²) in [7, 11) is 2.06. The van der Waals surface area contributed by atoms with Gasteiger partial charge >= 0.3 is 0 Å². The van der Waals surface area contributed by atoms with Gasteiger partial charge in [-0.25, -0.2) is 0 Å². The third-order valence-electron chi connectivity index (χ3n) is 5.56. The fourth-order valence-electron chi connectivity index (χ4n) is 3.51. The third-order valence-corrected chi connectivity index (χ3v) is 5.56. The molecule has 0 saturated carbocycles. The van der Waals surface area contributed by atoms with Gasteiger partial charge in [0.15, 0.2) is 0 Å². The molecule has 0 aromatic heterocycles. The minimum atomic E-state index is -0.187. The molecule has 1 N–H and O–H groups in total. The number of rotatable bonds is 9. The SMILES string of the molecule is CCCCCCOc1ccc(C(=O)Nc2ccc(C(=O)N3CCN(C)CC3)cc2)cc1. The van der Waals surface area contributed by atoms with E-state index in [9.17, 15) is 9.59 Å². The summed E-state index contributed by atoms with van der Waals surface area (Å²) < 4.78 is 5.73. The number of benzene rings is 2. The van der Waals surface area contributed by atoms with Crippen molar-refractivity contribution in [2.75, 3.05) is 45.2 Å². The molecule has 166 valence electrons. The number of hydrogen-bond acceptors (Lipinski definition) is 4. The van der Waals surface area contributed by atoms with Gasteiger partial charge in [0.2, 0.25) is 0 Å². The van der Waals surface area contributed by atoms with Crippen LogP contribution in [0.4, 0.5) is 5.69 Å². The number of nitrogens with one attached hydrogen (secondary N) is 1. The highest BCUT2D eigenvalue weighted by molar-refractivity contribution is 6.04. The predicted molar refractivity (Wildman–Crippen MR) is 124 cm³/mol. The standard InChI is InChI=1S/C25H33N3O3/c1-3-4-5-6-19-31-23-13-9-20(10-14-23)24(29)26-22-11-7-21(8-12-22)25(30)28-17-15-27(2)16-18-28/h7-14H,3-6,15-19H2,1-2H3,(H,26,29). The van der Waals surface area contributed by atoms with E-state index >= 15 is 0 Å². The van der Waals surface area contributed by atoms with E-state index in [0.29, 0.717) is 23.4 Å². The van der Waals surface area contributed by atoms with Crippen molar-refractivity contribution in [2.45, 2.75) is 32.6 Å². The molecule has 1 saturated heterocycles. The second-order valence-corrected chi connectivity index (χ2v) is 8.06. The van der Waals surface area contributed by atoms with E-state index in [1.165, 1.54) is 19.3 Å². The van der Waals surface area contributed by atoms with Gasteiger partial charge in [-0.3, -0.25) is 9.59 Å². The van der Waals surface area contributed by atoms with Crippen LogP contribution in [0.2, 0.25) is 0 Å². The van der Waals surface area contributed by atoms with E-state index in [0.717, 1.165) is 38.3 Å². The van der Waals surface area contributed by atoms with Crippen LogP contribution < -0.4 is 10.1 Å². The number of ether oxygens (including phenoxy) is 1. The molecule has 0 bridgehead atoms. The van der Waals surface area contributed by atoms with Crippen molar-refractivity contribution in [3.8, 4) is 5.75 Å². The predicted octanol–water partition coefficient (Wildman–Crippen LogP) is 4.29. The minimum absolute atomic E-state index is 0.0382. The van der Waals surface area contributed by atoms with E-state index in [4.69, 9.17) is 4.74 Å². The Balaban J connectivity index is 1.49. The zero-order valence-corrected chi connectivity index (χ0v) is 18.6. The summed E-state index contributed by atoms with van der Waals surface area (Å²) in [5.41, 5.74) is 1.87. The lowest BCUT2D eigenvalue weighted by molar-refractivity contribution is 0.0664. The van der Waals surface area contributed by atoms with Crippen molar-refractivity contribution in [1.29, 1.82) is 0 Å². The van der Waals surface area contributed by atoms with Crippen molar-refractivity contribution < 1.29 is 14.3 Å². The van der Waals surface area contributed by atoms with Crippen LogP contribution in [-0.4, -0.2) is 61.4 Å². The molecule has 0 radical (unpaired) electrons. The molecule has 6 heteroatoms. The largest absolute Gasteiger partial charge is 0.494 e. The Bertz CT molecular complexity index is 841. The molecule has 0 spiro atoms. The maximum absolute atomic E-state index is 12.6. The molecule has 1 heterocycles. The normalized spacial score (nSPS) is 14.3. The summed E-state index contributed by atoms with van der Waals surface area (Å²) in [6.45, 7) is 6.15. The Labute approximate surface area is 185 Å². The zero-order chi connectivity index (χ0) is 22.1. The van der Waals surface area contributed by atoms with Gasteiger partial charge in [-0.15, -0.1) is 0 Å². The Hall–Kier alpha value is -2.86. The van der Waals surface area contributed by atoms with E-state index in [1.807, 2.05) is 17.0 Å². The van der Waals surface area contributed by atoms with E-state index < -0.39 is 0 Å². The van der Waals surface area contributed by atoms with Crippen LogP contribution >= 0.6 is 0 Å². The van der Waals surface area contributed by atoms with Gasteiger partial charge in [-0.2, -0.15) is 0 Å². The average Bonchev–Trinajstić information content (AvgIpc) is 2.80. The highest BCUT2D eigenvalue weighted by Gasteiger charge is 2.20. The van der Waals surface area contributed by atoms with Crippen molar-refractivity contribution >= 4 is 17.5 Å². The number of piperazine rings is 1. The molecular weight excluding hydrogens is 390 g/mol. The molecule has 0 atom stereocenters. The number of hydrogen-bond donors (Lipinski definition) is 1. The average molecular weight is 424 g/mol. The lowest BCUT2D eigenvalue weighted by Crippen LogP contribution is -2.47. The van der Waals surface area contributed by atoms with Crippen molar-refractivity contribution in [1.82, 2.24) is 9.80 Å². The van der Waals surface area contributed by atoms with E-state index in [-0.39, 0.29) is 11.8 Å². The summed E-state index contributed by atoms with van der Waals surface area (Å²) in [5.74, 6) is 0.628. The lowest BCUT2D eigenvalue weighted by Gasteiger charge is -2.32. The van der Waals surface area contributed by atoms with Gasteiger partial charge in [-0.05, 0) is 62.0 Å². The molecular formula is C25H33N3O3. The first-order valence-electron chi connectivity index (χ1n) is 11.2. The number of amides is 2. The van der Waals surface area contributed by atoms with Crippen LogP contribution in [0, 0.1) is 0 Å².